The van der Waals surface area contributed by atoms with Crippen molar-refractivity contribution in [3.63, 3.8) is 0 Å². The van der Waals surface area contributed by atoms with E-state index in [9.17, 15) is 14.4 Å². The average Bonchev–Trinajstić information content (AvgIpc) is 2.86. The molecule has 0 aromatic heterocycles. The summed E-state index contributed by atoms with van der Waals surface area (Å²) in [5, 5.41) is 8.21. The van der Waals surface area contributed by atoms with Gasteiger partial charge in [-0.3, -0.25) is 14.4 Å². The number of carbonyl (C=O) groups excluding carboxylic acids is 3. The summed E-state index contributed by atoms with van der Waals surface area (Å²) in [5.41, 5.74) is 1.73. The molecule has 0 unspecified atom stereocenters. The Morgan fingerprint density at radius 1 is 1.07 bits per heavy atom. The first-order chi connectivity index (χ1) is 14.0. The van der Waals surface area contributed by atoms with Crippen LogP contribution in [-0.4, -0.2) is 38.0 Å². The zero-order valence-electron chi connectivity index (χ0n) is 16.3. The molecule has 29 heavy (non-hydrogen) atoms. The van der Waals surface area contributed by atoms with Gasteiger partial charge >= 0.3 is 0 Å². The molecule has 0 radical (unpaired) electrons. The number of anilines is 1. The van der Waals surface area contributed by atoms with Crippen LogP contribution in [0.4, 0.5) is 5.69 Å². The summed E-state index contributed by atoms with van der Waals surface area (Å²) in [6.45, 7) is 0.313. The molecular formula is C21H23N3O5. The molecule has 3 N–H and O–H groups in total. The van der Waals surface area contributed by atoms with Gasteiger partial charge in [-0.05, 0) is 36.2 Å². The van der Waals surface area contributed by atoms with Crippen molar-refractivity contribution < 1.29 is 23.9 Å². The molecule has 0 bridgehead atoms. The molecule has 1 aliphatic heterocycles. The Bertz CT molecular complexity index is 928. The van der Waals surface area contributed by atoms with Gasteiger partial charge in [0.05, 0.1) is 25.5 Å². The van der Waals surface area contributed by atoms with Crippen molar-refractivity contribution in [1.29, 1.82) is 0 Å². The third-order valence-corrected chi connectivity index (χ3v) is 4.65. The van der Waals surface area contributed by atoms with E-state index < -0.39 is 6.04 Å². The van der Waals surface area contributed by atoms with Crippen molar-refractivity contribution in [3.8, 4) is 11.5 Å². The lowest BCUT2D eigenvalue weighted by Gasteiger charge is -2.14. The number of hydrogen-bond acceptors (Lipinski definition) is 5. The van der Waals surface area contributed by atoms with Crippen LogP contribution in [-0.2, 0) is 16.1 Å². The van der Waals surface area contributed by atoms with Crippen molar-refractivity contribution in [2.24, 2.45) is 0 Å². The van der Waals surface area contributed by atoms with E-state index in [0.29, 0.717) is 29.3 Å². The number of ether oxygens (including phenoxy) is 2. The van der Waals surface area contributed by atoms with Crippen LogP contribution < -0.4 is 25.4 Å². The van der Waals surface area contributed by atoms with E-state index in [1.54, 1.807) is 50.6 Å². The second-order valence-electron chi connectivity index (χ2n) is 6.57. The van der Waals surface area contributed by atoms with Crippen LogP contribution in [0.5, 0.6) is 11.5 Å². The van der Waals surface area contributed by atoms with Gasteiger partial charge in [0.1, 0.15) is 6.04 Å². The SMILES string of the molecule is COc1ccc(CNC(=O)CC[C@@H]2NC(=O)c3ccccc3NC2=O)cc1OC. The predicted octanol–water partition coefficient (Wildman–Crippen LogP) is 1.85. The monoisotopic (exact) mass is 397 g/mol. The highest BCUT2D eigenvalue weighted by molar-refractivity contribution is 6.09. The third-order valence-electron chi connectivity index (χ3n) is 4.65. The highest BCUT2D eigenvalue weighted by Gasteiger charge is 2.27. The molecule has 8 nitrogen and oxygen atoms in total. The van der Waals surface area contributed by atoms with Crippen molar-refractivity contribution in [2.75, 3.05) is 19.5 Å². The topological polar surface area (TPSA) is 106 Å². The number of carbonyl (C=O) groups is 3. The number of amides is 3. The van der Waals surface area contributed by atoms with E-state index in [1.165, 1.54) is 0 Å². The van der Waals surface area contributed by atoms with E-state index in [0.717, 1.165) is 5.56 Å². The fraction of sp³-hybridized carbons (Fsp3) is 0.286. The summed E-state index contributed by atoms with van der Waals surface area (Å²) in [6.07, 6.45) is 0.297. The molecule has 0 saturated carbocycles. The minimum Gasteiger partial charge on any atom is -0.493 e. The van der Waals surface area contributed by atoms with Gasteiger partial charge in [0.2, 0.25) is 11.8 Å². The number of benzene rings is 2. The van der Waals surface area contributed by atoms with Gasteiger partial charge in [-0.15, -0.1) is 0 Å². The van der Waals surface area contributed by atoms with Gasteiger partial charge in [0, 0.05) is 13.0 Å². The van der Waals surface area contributed by atoms with Gasteiger partial charge in [0.15, 0.2) is 11.5 Å². The lowest BCUT2D eigenvalue weighted by Crippen LogP contribution is -2.42. The van der Waals surface area contributed by atoms with Gasteiger partial charge in [0.25, 0.3) is 5.91 Å². The van der Waals surface area contributed by atoms with Crippen molar-refractivity contribution >= 4 is 23.4 Å². The summed E-state index contributed by atoms with van der Waals surface area (Å²) in [6, 6.07) is 11.4. The average molecular weight is 397 g/mol. The van der Waals surface area contributed by atoms with Crippen LogP contribution in [0.25, 0.3) is 0 Å². The van der Waals surface area contributed by atoms with Crippen LogP contribution in [0.1, 0.15) is 28.8 Å². The number of hydrogen-bond donors (Lipinski definition) is 3. The highest BCUT2D eigenvalue weighted by atomic mass is 16.5. The summed E-state index contributed by atoms with van der Waals surface area (Å²) in [7, 11) is 3.10. The quantitative estimate of drug-likeness (QED) is 0.661. The zero-order valence-corrected chi connectivity index (χ0v) is 16.3. The first-order valence-electron chi connectivity index (χ1n) is 9.20. The maximum absolute atomic E-state index is 12.4. The standard InChI is InChI=1S/C21H23N3O5/c1-28-17-9-7-13(11-18(17)29-2)12-22-19(25)10-8-16-21(27)23-15-6-4-3-5-14(15)20(26)24-16/h3-7,9,11,16H,8,10,12H2,1-2H3,(H,22,25)(H,23,27)(H,24,26)/t16-/m0/s1. The van der Waals surface area contributed by atoms with Crippen LogP contribution in [0.15, 0.2) is 42.5 Å². The molecule has 1 atom stereocenters. The molecule has 1 heterocycles. The second kappa shape index (κ2) is 9.09. The molecule has 0 saturated heterocycles. The first-order valence-corrected chi connectivity index (χ1v) is 9.20. The Hall–Kier alpha value is -3.55. The predicted molar refractivity (Wildman–Crippen MR) is 107 cm³/mol. The minimum atomic E-state index is -0.776. The van der Waals surface area contributed by atoms with E-state index >= 15 is 0 Å². The normalized spacial score (nSPS) is 15.4. The molecular weight excluding hydrogens is 374 g/mol. The Morgan fingerprint density at radius 3 is 2.59 bits per heavy atom. The second-order valence-corrected chi connectivity index (χ2v) is 6.57. The van der Waals surface area contributed by atoms with Gasteiger partial charge in [-0.25, -0.2) is 0 Å². The molecule has 3 rings (SSSR count). The maximum Gasteiger partial charge on any atom is 0.254 e. The summed E-state index contributed by atoms with van der Waals surface area (Å²) < 4.78 is 10.4. The fourth-order valence-electron chi connectivity index (χ4n) is 3.07. The van der Waals surface area contributed by atoms with E-state index in [-0.39, 0.29) is 30.6 Å². The summed E-state index contributed by atoms with van der Waals surface area (Å²) in [4.78, 5) is 36.9. The molecule has 2 aromatic rings. The highest BCUT2D eigenvalue weighted by Crippen LogP contribution is 2.27. The maximum atomic E-state index is 12.4. The first kappa shape index (κ1) is 20.2. The molecule has 0 fully saturated rings. The molecule has 8 heteroatoms. The number of rotatable bonds is 7. The molecule has 1 aliphatic rings. The summed E-state index contributed by atoms with van der Waals surface area (Å²) in [5.74, 6) is 0.296. The van der Waals surface area contributed by atoms with E-state index in [2.05, 4.69) is 16.0 Å². The lowest BCUT2D eigenvalue weighted by atomic mass is 10.1. The molecule has 2 aromatic carbocycles. The largest absolute Gasteiger partial charge is 0.493 e. The Balaban J connectivity index is 1.53. The number of para-hydroxylation sites is 1. The van der Waals surface area contributed by atoms with Crippen LogP contribution in [0.3, 0.4) is 0 Å². The molecule has 0 aliphatic carbocycles. The molecule has 3 amide bonds. The van der Waals surface area contributed by atoms with Gasteiger partial charge in [-0.1, -0.05) is 18.2 Å². The van der Waals surface area contributed by atoms with Crippen LogP contribution >= 0.6 is 0 Å². The number of fused-ring (bicyclic) bond motifs is 1. The Kier molecular flexibility index (Phi) is 6.33. The third kappa shape index (κ3) is 4.84. The van der Waals surface area contributed by atoms with Gasteiger partial charge in [-0.2, -0.15) is 0 Å². The van der Waals surface area contributed by atoms with Crippen LogP contribution in [0.2, 0.25) is 0 Å². The van der Waals surface area contributed by atoms with Gasteiger partial charge < -0.3 is 25.4 Å². The van der Waals surface area contributed by atoms with E-state index in [4.69, 9.17) is 9.47 Å². The van der Waals surface area contributed by atoms with Crippen molar-refractivity contribution in [3.05, 3.63) is 53.6 Å². The van der Waals surface area contributed by atoms with E-state index in [1.807, 2.05) is 6.07 Å². The smallest absolute Gasteiger partial charge is 0.254 e. The number of nitrogens with one attached hydrogen (secondary N) is 3. The Labute approximate surface area is 168 Å². The molecule has 152 valence electrons. The van der Waals surface area contributed by atoms with Crippen LogP contribution in [0, 0.1) is 0 Å². The fourth-order valence-corrected chi connectivity index (χ4v) is 3.07. The van der Waals surface area contributed by atoms with Crippen molar-refractivity contribution in [1.82, 2.24) is 10.6 Å². The number of methoxy groups -OCH3 is 2. The zero-order chi connectivity index (χ0) is 20.8. The van der Waals surface area contributed by atoms with Crippen molar-refractivity contribution in [2.45, 2.75) is 25.4 Å². The molecule has 0 spiro atoms. The Morgan fingerprint density at radius 2 is 1.83 bits per heavy atom. The minimum absolute atomic E-state index is 0.0992. The summed E-state index contributed by atoms with van der Waals surface area (Å²) >= 11 is 0. The lowest BCUT2D eigenvalue weighted by molar-refractivity contribution is -0.122.